The summed E-state index contributed by atoms with van der Waals surface area (Å²) in [5.41, 5.74) is 1.13. The minimum Gasteiger partial charge on any atom is -0.497 e. The normalized spacial score (nSPS) is 10.4. The first kappa shape index (κ1) is 19.1. The quantitative estimate of drug-likeness (QED) is 0.560. The second kappa shape index (κ2) is 9.34. The van der Waals surface area contributed by atoms with E-state index in [4.69, 9.17) is 4.74 Å². The molecule has 2 heterocycles. The molecule has 2 aromatic heterocycles. The molecular weight excluding hydrogens is 380 g/mol. The first-order valence-corrected chi connectivity index (χ1v) is 10.2. The van der Waals surface area contributed by atoms with Crippen LogP contribution in [0.15, 0.2) is 53.9 Å². The van der Waals surface area contributed by atoms with Gasteiger partial charge in [-0.15, -0.1) is 22.7 Å². The molecule has 0 saturated heterocycles. The van der Waals surface area contributed by atoms with Crippen molar-refractivity contribution in [1.29, 1.82) is 0 Å². The van der Waals surface area contributed by atoms with Crippen molar-refractivity contribution in [1.82, 2.24) is 10.6 Å². The molecule has 5 nitrogen and oxygen atoms in total. The molecule has 0 spiro atoms. The Morgan fingerprint density at radius 2 is 1.81 bits per heavy atom. The second-order valence-corrected chi connectivity index (χ2v) is 7.90. The Morgan fingerprint density at radius 1 is 1.00 bits per heavy atom. The molecule has 0 aliphatic rings. The highest BCUT2D eigenvalue weighted by atomic mass is 32.1. The number of urea groups is 1. The van der Waals surface area contributed by atoms with E-state index in [-0.39, 0.29) is 11.8 Å². The minimum atomic E-state index is -0.219. The van der Waals surface area contributed by atoms with Crippen molar-refractivity contribution in [3.8, 4) is 5.75 Å². The van der Waals surface area contributed by atoms with E-state index in [1.165, 1.54) is 22.7 Å². The molecule has 3 rings (SSSR count). The van der Waals surface area contributed by atoms with E-state index < -0.39 is 0 Å². The Morgan fingerprint density at radius 3 is 2.52 bits per heavy atom. The van der Waals surface area contributed by atoms with Gasteiger partial charge in [-0.1, -0.05) is 18.2 Å². The van der Waals surface area contributed by atoms with Crippen LogP contribution in [0.3, 0.4) is 0 Å². The number of carbonyl (C=O) groups excluding carboxylic acids is 2. The van der Waals surface area contributed by atoms with Crippen molar-refractivity contribution < 1.29 is 14.3 Å². The van der Waals surface area contributed by atoms with Crippen molar-refractivity contribution in [2.24, 2.45) is 0 Å². The lowest BCUT2D eigenvalue weighted by Gasteiger charge is -2.07. The fraction of sp³-hybridized carbons (Fsp3) is 0.200. The number of hydrogen-bond acceptors (Lipinski definition) is 5. The van der Waals surface area contributed by atoms with E-state index in [1.807, 2.05) is 53.9 Å². The molecular formula is C20H20N2O3S2. The van der Waals surface area contributed by atoms with Gasteiger partial charge in [0.25, 0.3) is 0 Å². The maximum atomic E-state index is 12.3. The molecule has 140 valence electrons. The highest BCUT2D eigenvalue weighted by Gasteiger charge is 2.13. The Kier molecular flexibility index (Phi) is 6.62. The third-order valence-corrected chi connectivity index (χ3v) is 5.86. The molecule has 0 fully saturated rings. The summed E-state index contributed by atoms with van der Waals surface area (Å²) < 4.78 is 5.12. The zero-order valence-electron chi connectivity index (χ0n) is 14.9. The van der Waals surface area contributed by atoms with Crippen LogP contribution in [0.1, 0.15) is 25.0 Å². The lowest BCUT2D eigenvalue weighted by molar-refractivity contribution is 0.104. The maximum absolute atomic E-state index is 12.3. The third kappa shape index (κ3) is 5.42. The number of benzene rings is 1. The van der Waals surface area contributed by atoms with Crippen LogP contribution in [-0.4, -0.2) is 25.5 Å². The number of hydrogen-bond donors (Lipinski definition) is 2. The molecule has 27 heavy (non-hydrogen) atoms. The average Bonchev–Trinajstić information content (AvgIpc) is 3.38. The molecule has 0 radical (unpaired) electrons. The fourth-order valence-corrected chi connectivity index (χ4v) is 4.11. The van der Waals surface area contributed by atoms with Crippen LogP contribution in [-0.2, 0) is 13.0 Å². The molecule has 0 unspecified atom stereocenters. The largest absolute Gasteiger partial charge is 0.497 e. The standard InChI is InChI=1S/C20H20N2O3S2/c1-25-15-6-4-14(5-7-15)10-11-21-20(24)22-13-16-8-9-18(27-16)19(23)17-3-2-12-26-17/h2-9,12H,10-11,13H2,1H3,(H2,21,22,24). The number of ether oxygens (including phenoxy) is 1. The van der Waals surface area contributed by atoms with Crippen LogP contribution < -0.4 is 15.4 Å². The number of thiophene rings is 2. The van der Waals surface area contributed by atoms with Crippen molar-refractivity contribution >= 4 is 34.5 Å². The summed E-state index contributed by atoms with van der Waals surface area (Å²) in [5, 5.41) is 7.55. The van der Waals surface area contributed by atoms with Gasteiger partial charge in [0.05, 0.1) is 23.4 Å². The number of amides is 2. The highest BCUT2D eigenvalue weighted by Crippen LogP contribution is 2.22. The zero-order valence-corrected chi connectivity index (χ0v) is 16.5. The summed E-state index contributed by atoms with van der Waals surface area (Å²) in [7, 11) is 1.63. The highest BCUT2D eigenvalue weighted by molar-refractivity contribution is 7.16. The van der Waals surface area contributed by atoms with Crippen LogP contribution in [0.25, 0.3) is 0 Å². The Labute approximate surface area is 166 Å². The van der Waals surface area contributed by atoms with Gasteiger partial charge in [-0.2, -0.15) is 0 Å². The first-order valence-electron chi connectivity index (χ1n) is 8.47. The molecule has 1 aromatic carbocycles. The summed E-state index contributed by atoms with van der Waals surface area (Å²) in [6.07, 6.45) is 0.746. The second-order valence-electron chi connectivity index (χ2n) is 5.78. The van der Waals surface area contributed by atoms with Crippen LogP contribution in [0, 0.1) is 0 Å². The molecule has 0 aliphatic carbocycles. The fourth-order valence-electron chi connectivity index (χ4n) is 2.47. The molecule has 0 aliphatic heterocycles. The Balaban J connectivity index is 1.40. The Bertz CT molecular complexity index is 886. The smallest absolute Gasteiger partial charge is 0.315 e. The summed E-state index contributed by atoms with van der Waals surface area (Å²) in [6.45, 7) is 0.946. The molecule has 0 bridgehead atoms. The first-order chi connectivity index (χ1) is 13.2. The van der Waals surface area contributed by atoms with Crippen molar-refractivity contribution in [3.63, 3.8) is 0 Å². The SMILES string of the molecule is COc1ccc(CCNC(=O)NCc2ccc(C(=O)c3cccs3)s2)cc1. The van der Waals surface area contributed by atoms with E-state index in [1.54, 1.807) is 7.11 Å². The van der Waals surface area contributed by atoms with Gasteiger partial charge in [-0.3, -0.25) is 4.79 Å². The van der Waals surface area contributed by atoms with Crippen molar-refractivity contribution in [2.45, 2.75) is 13.0 Å². The van der Waals surface area contributed by atoms with Gasteiger partial charge in [0, 0.05) is 11.4 Å². The van der Waals surface area contributed by atoms with Gasteiger partial charge >= 0.3 is 6.03 Å². The van der Waals surface area contributed by atoms with Crippen molar-refractivity contribution in [3.05, 3.63) is 74.1 Å². The number of rotatable bonds is 8. The summed E-state index contributed by atoms with van der Waals surface area (Å²) in [6, 6.07) is 14.9. The lowest BCUT2D eigenvalue weighted by Crippen LogP contribution is -2.36. The summed E-state index contributed by atoms with van der Waals surface area (Å²) >= 11 is 2.84. The van der Waals surface area contributed by atoms with Gasteiger partial charge in [0.2, 0.25) is 5.78 Å². The number of nitrogens with one attached hydrogen (secondary N) is 2. The topological polar surface area (TPSA) is 67.4 Å². The lowest BCUT2D eigenvalue weighted by atomic mass is 10.1. The van der Waals surface area contributed by atoms with Crippen LogP contribution in [0.4, 0.5) is 4.79 Å². The van der Waals surface area contributed by atoms with E-state index in [0.717, 1.165) is 27.5 Å². The molecule has 0 atom stereocenters. The monoisotopic (exact) mass is 400 g/mol. The Hall–Kier alpha value is -2.64. The van der Waals surface area contributed by atoms with Crippen LogP contribution in [0.5, 0.6) is 5.75 Å². The van der Waals surface area contributed by atoms with E-state index in [2.05, 4.69) is 10.6 Å². The predicted octanol–water partition coefficient (Wildman–Crippen LogP) is 4.09. The van der Waals surface area contributed by atoms with E-state index in [0.29, 0.717) is 18.0 Å². The third-order valence-electron chi connectivity index (χ3n) is 3.91. The number of methoxy groups -OCH3 is 1. The summed E-state index contributed by atoms with van der Waals surface area (Å²) in [4.78, 5) is 26.6. The number of ketones is 1. The predicted molar refractivity (Wildman–Crippen MR) is 109 cm³/mol. The number of carbonyl (C=O) groups is 2. The average molecular weight is 401 g/mol. The van der Waals surface area contributed by atoms with Crippen molar-refractivity contribution in [2.75, 3.05) is 13.7 Å². The zero-order chi connectivity index (χ0) is 19.1. The van der Waals surface area contributed by atoms with Gasteiger partial charge in [0.15, 0.2) is 0 Å². The van der Waals surface area contributed by atoms with Crippen LogP contribution >= 0.6 is 22.7 Å². The van der Waals surface area contributed by atoms with E-state index in [9.17, 15) is 9.59 Å². The molecule has 2 N–H and O–H groups in total. The molecule has 2 amide bonds. The molecule has 7 heteroatoms. The molecule has 3 aromatic rings. The molecule has 0 saturated carbocycles. The van der Waals surface area contributed by atoms with E-state index >= 15 is 0 Å². The summed E-state index contributed by atoms with van der Waals surface area (Å²) in [5.74, 6) is 0.850. The van der Waals surface area contributed by atoms with Crippen LogP contribution in [0.2, 0.25) is 0 Å². The maximum Gasteiger partial charge on any atom is 0.315 e. The van der Waals surface area contributed by atoms with Gasteiger partial charge in [-0.05, 0) is 47.7 Å². The minimum absolute atomic E-state index is 0.0326. The van der Waals surface area contributed by atoms with Gasteiger partial charge in [0.1, 0.15) is 5.75 Å². The van der Waals surface area contributed by atoms with Gasteiger partial charge in [-0.25, -0.2) is 4.79 Å². The van der Waals surface area contributed by atoms with Gasteiger partial charge < -0.3 is 15.4 Å².